The van der Waals surface area contributed by atoms with Crippen molar-refractivity contribution in [1.29, 1.82) is 0 Å². The maximum absolute atomic E-state index is 2.40. The first kappa shape index (κ1) is 19.5. The van der Waals surface area contributed by atoms with Gasteiger partial charge >= 0.3 is 0 Å². The Hall–Kier alpha value is -3.46. The molecule has 5 aromatic rings. The van der Waals surface area contributed by atoms with Gasteiger partial charge in [0.2, 0.25) is 0 Å². The van der Waals surface area contributed by atoms with E-state index in [1.165, 1.54) is 49.9 Å². The van der Waals surface area contributed by atoms with Crippen LogP contribution in [0, 0.1) is 0 Å². The van der Waals surface area contributed by atoms with Gasteiger partial charge in [-0.2, -0.15) is 0 Å². The van der Waals surface area contributed by atoms with Crippen LogP contribution in [-0.4, -0.2) is 18.9 Å². The fourth-order valence-electron chi connectivity index (χ4n) is 4.46. The Kier molecular flexibility index (Phi) is 5.03. The quantitative estimate of drug-likeness (QED) is 0.317. The Morgan fingerprint density at radius 2 is 1.39 bits per heavy atom. The molecule has 4 aromatic carbocycles. The highest BCUT2D eigenvalue weighted by Gasteiger charge is 2.14. The lowest BCUT2D eigenvalue weighted by Gasteiger charge is -2.20. The minimum absolute atomic E-state index is 1.05. The van der Waals surface area contributed by atoms with Gasteiger partial charge in [-0.05, 0) is 66.6 Å². The van der Waals surface area contributed by atoms with Crippen LogP contribution < -0.4 is 10.4 Å². The molecule has 1 aromatic heterocycles. The van der Waals surface area contributed by atoms with E-state index in [2.05, 4.69) is 121 Å². The van der Waals surface area contributed by atoms with Crippen LogP contribution >= 0.6 is 0 Å². The summed E-state index contributed by atoms with van der Waals surface area (Å²) >= 11 is 0. The van der Waals surface area contributed by atoms with Gasteiger partial charge in [0.15, 0.2) is 7.28 Å². The molecule has 1 heterocycles. The number of benzene rings is 4. The van der Waals surface area contributed by atoms with E-state index >= 15 is 0 Å². The highest BCUT2D eigenvalue weighted by Crippen LogP contribution is 2.33. The molecule has 5 rings (SSSR count). The zero-order valence-corrected chi connectivity index (χ0v) is 18.5. The van der Waals surface area contributed by atoms with Crippen LogP contribution in [0.25, 0.3) is 27.5 Å². The topological polar surface area (TPSA) is 8.17 Å². The number of aromatic nitrogens is 1. The molecular formula is C28H27BN2. The van der Waals surface area contributed by atoms with Crippen molar-refractivity contribution in [3.05, 3.63) is 96.6 Å². The Bertz CT molecular complexity index is 1290. The fourth-order valence-corrected chi connectivity index (χ4v) is 4.46. The molecular weight excluding hydrogens is 375 g/mol. The van der Waals surface area contributed by atoms with Crippen molar-refractivity contribution in [3.8, 4) is 5.69 Å². The average Bonchev–Trinajstić information content (AvgIpc) is 3.17. The maximum Gasteiger partial charge on any atom is 0.154 e. The minimum Gasteiger partial charge on any atom is -0.345 e. The summed E-state index contributed by atoms with van der Waals surface area (Å²) in [5, 5.41) is 2.69. The van der Waals surface area contributed by atoms with Crippen molar-refractivity contribution >= 4 is 45.9 Å². The third-order valence-electron chi connectivity index (χ3n) is 6.35. The Balaban J connectivity index is 1.65. The van der Waals surface area contributed by atoms with Gasteiger partial charge in [-0.25, -0.2) is 0 Å². The van der Waals surface area contributed by atoms with Gasteiger partial charge in [0, 0.05) is 34.9 Å². The van der Waals surface area contributed by atoms with Crippen LogP contribution in [0.15, 0.2) is 91.0 Å². The van der Waals surface area contributed by atoms with Crippen LogP contribution in [0.3, 0.4) is 0 Å². The van der Waals surface area contributed by atoms with Crippen LogP contribution in [0.1, 0.15) is 12.5 Å². The molecule has 0 amide bonds. The van der Waals surface area contributed by atoms with Gasteiger partial charge in [0.05, 0.1) is 11.0 Å². The number of anilines is 2. The van der Waals surface area contributed by atoms with Crippen LogP contribution in [0.4, 0.5) is 11.4 Å². The Morgan fingerprint density at radius 1 is 0.742 bits per heavy atom. The summed E-state index contributed by atoms with van der Waals surface area (Å²) in [4.78, 5) is 2.22. The lowest BCUT2D eigenvalue weighted by Crippen LogP contribution is -2.09. The van der Waals surface area contributed by atoms with E-state index in [-0.39, 0.29) is 0 Å². The Morgan fingerprint density at radius 3 is 2.06 bits per heavy atom. The molecule has 2 nitrogen and oxygen atoms in total. The number of hydrogen-bond donors (Lipinski definition) is 0. The molecule has 152 valence electrons. The molecule has 0 saturated heterocycles. The molecule has 0 saturated carbocycles. The van der Waals surface area contributed by atoms with Crippen molar-refractivity contribution < 1.29 is 0 Å². The van der Waals surface area contributed by atoms with Gasteiger partial charge in [-0.15, -0.1) is 0 Å². The first-order valence-corrected chi connectivity index (χ1v) is 11.1. The van der Waals surface area contributed by atoms with Gasteiger partial charge in [-0.3, -0.25) is 0 Å². The van der Waals surface area contributed by atoms with Crippen LogP contribution in [0.2, 0.25) is 6.82 Å². The molecule has 0 unspecified atom stereocenters. The van der Waals surface area contributed by atoms with E-state index in [9.17, 15) is 0 Å². The minimum atomic E-state index is 1.05. The first-order valence-electron chi connectivity index (χ1n) is 11.1. The molecule has 0 aliphatic heterocycles. The Labute approximate surface area is 185 Å². The van der Waals surface area contributed by atoms with E-state index in [0.29, 0.717) is 0 Å². The highest BCUT2D eigenvalue weighted by atomic mass is 15.1. The molecule has 0 N–H and O–H groups in total. The monoisotopic (exact) mass is 402 g/mol. The van der Waals surface area contributed by atoms with Gasteiger partial charge in [-0.1, -0.05) is 55.6 Å². The number of fused-ring (bicyclic) bond motifs is 3. The summed E-state index contributed by atoms with van der Waals surface area (Å²) in [7, 11) is 3.17. The second-order valence-corrected chi connectivity index (χ2v) is 8.16. The van der Waals surface area contributed by atoms with Crippen LogP contribution in [-0.2, 0) is 6.42 Å². The molecule has 0 aliphatic carbocycles. The summed E-state index contributed by atoms with van der Waals surface area (Å²) < 4.78 is 2.40. The predicted molar refractivity (Wildman–Crippen MR) is 137 cm³/mol. The second-order valence-electron chi connectivity index (χ2n) is 8.16. The molecule has 0 spiro atoms. The molecule has 0 aliphatic rings. The average molecular weight is 402 g/mol. The number of hydrogen-bond acceptors (Lipinski definition) is 1. The van der Waals surface area contributed by atoms with Gasteiger partial charge in [0.25, 0.3) is 0 Å². The molecule has 0 radical (unpaired) electrons. The third-order valence-corrected chi connectivity index (χ3v) is 6.35. The molecule has 0 fully saturated rings. The predicted octanol–water partition coefficient (Wildman–Crippen LogP) is 6.22. The number of aryl methyl sites for hydroxylation is 1. The van der Waals surface area contributed by atoms with Crippen molar-refractivity contribution in [1.82, 2.24) is 4.57 Å². The van der Waals surface area contributed by atoms with Crippen molar-refractivity contribution in [2.24, 2.45) is 0 Å². The third kappa shape index (κ3) is 3.40. The lowest BCUT2D eigenvalue weighted by molar-refractivity contribution is 1.14. The molecule has 31 heavy (non-hydrogen) atoms. The number of rotatable bonds is 5. The summed E-state index contributed by atoms with van der Waals surface area (Å²) in [6, 6.07) is 33.2. The van der Waals surface area contributed by atoms with Gasteiger partial charge < -0.3 is 9.47 Å². The van der Waals surface area contributed by atoms with Crippen LogP contribution in [0.5, 0.6) is 0 Å². The summed E-state index contributed by atoms with van der Waals surface area (Å²) in [5.41, 5.74) is 8.86. The van der Waals surface area contributed by atoms with E-state index in [1.54, 1.807) is 0 Å². The van der Waals surface area contributed by atoms with E-state index in [4.69, 9.17) is 0 Å². The van der Waals surface area contributed by atoms with Crippen molar-refractivity contribution in [2.45, 2.75) is 20.2 Å². The largest absolute Gasteiger partial charge is 0.345 e. The SMILES string of the molecule is CBc1ccc2c(c1)c1cc(CC)ccc1n2-c1ccc(N(C)c2ccccc2)cc1. The zero-order chi connectivity index (χ0) is 21.4. The lowest BCUT2D eigenvalue weighted by atomic mass is 9.73. The standard InChI is InChI=1S/C28H27BN2/c1-4-20-10-16-27-25(18-20)26-19-21(29-2)11-17-28(26)31(27)24-14-12-23(13-15-24)30(3)22-8-6-5-7-9-22/h5-19,29H,4H2,1-3H3. The zero-order valence-electron chi connectivity index (χ0n) is 18.5. The molecule has 0 bridgehead atoms. The first-order chi connectivity index (χ1) is 15.2. The number of para-hydroxylation sites is 1. The van der Waals surface area contributed by atoms with Gasteiger partial charge in [0.1, 0.15) is 0 Å². The van der Waals surface area contributed by atoms with E-state index in [1.807, 2.05) is 0 Å². The highest BCUT2D eigenvalue weighted by molar-refractivity contribution is 6.52. The summed E-state index contributed by atoms with van der Waals surface area (Å²) in [6.07, 6.45) is 1.05. The normalized spacial score (nSPS) is 11.2. The maximum atomic E-state index is 2.40. The van der Waals surface area contributed by atoms with Crippen molar-refractivity contribution in [3.63, 3.8) is 0 Å². The molecule has 3 heteroatoms. The molecule has 0 atom stereocenters. The summed E-state index contributed by atoms with van der Waals surface area (Å²) in [6.45, 7) is 4.44. The second kappa shape index (κ2) is 8.00. The smallest absolute Gasteiger partial charge is 0.154 e. The number of nitrogens with zero attached hydrogens (tertiary/aromatic N) is 2. The van der Waals surface area contributed by atoms with Crippen molar-refractivity contribution in [2.75, 3.05) is 11.9 Å². The van der Waals surface area contributed by atoms with E-state index < -0.39 is 0 Å². The van der Waals surface area contributed by atoms with E-state index in [0.717, 1.165) is 13.7 Å². The fraction of sp³-hybridized carbons (Fsp3) is 0.143. The summed E-state index contributed by atoms with van der Waals surface area (Å²) in [5.74, 6) is 0.